The Morgan fingerprint density at radius 3 is 1.31 bits per heavy atom. The summed E-state index contributed by atoms with van der Waals surface area (Å²) < 4.78 is 0. The van der Waals surface area contributed by atoms with Gasteiger partial charge in [-0.1, -0.05) is 147 Å². The molecule has 1 aliphatic carbocycles. The van der Waals surface area contributed by atoms with E-state index in [0.29, 0.717) is 0 Å². The molecule has 0 radical (unpaired) electrons. The van der Waals surface area contributed by atoms with Crippen LogP contribution in [0.1, 0.15) is 25.0 Å². The normalized spacial score (nSPS) is 13.3. The SMILES string of the molecule is CC1(C)c2ccccc2-c2cc(-c3cccc(-c4cccc(-c5ccc6c7ccccc7c7ccccc7c6c5)c4)c3)ccc21. The predicted octanol–water partition coefficient (Wildman–Crippen LogP) is 12.5. The van der Waals surface area contributed by atoms with Crippen LogP contribution in [-0.4, -0.2) is 0 Å². The van der Waals surface area contributed by atoms with Crippen LogP contribution in [0.5, 0.6) is 0 Å². The van der Waals surface area contributed by atoms with Crippen molar-refractivity contribution in [3.8, 4) is 44.5 Å². The summed E-state index contributed by atoms with van der Waals surface area (Å²) in [6.45, 7) is 4.68. The molecule has 0 spiro atoms. The average Bonchev–Trinajstić information content (AvgIpc) is 3.34. The van der Waals surface area contributed by atoms with Gasteiger partial charge in [-0.05, 0) is 112 Å². The van der Waals surface area contributed by atoms with Gasteiger partial charge in [0.1, 0.15) is 0 Å². The molecule has 0 N–H and O–H groups in total. The van der Waals surface area contributed by atoms with E-state index in [9.17, 15) is 0 Å². The second kappa shape index (κ2) is 9.78. The predicted molar refractivity (Wildman–Crippen MR) is 193 cm³/mol. The average molecular weight is 573 g/mol. The molecule has 0 heteroatoms. The van der Waals surface area contributed by atoms with Crippen molar-refractivity contribution in [3.05, 3.63) is 169 Å². The first-order valence-electron chi connectivity index (χ1n) is 15.9. The first-order chi connectivity index (χ1) is 22.1. The van der Waals surface area contributed by atoms with Crippen LogP contribution >= 0.6 is 0 Å². The quantitative estimate of drug-likeness (QED) is 0.185. The fraction of sp³-hybridized carbons (Fsp3) is 0.0667. The minimum atomic E-state index is 0.0227. The highest BCUT2D eigenvalue weighted by Crippen LogP contribution is 2.49. The van der Waals surface area contributed by atoms with E-state index in [2.05, 4.69) is 172 Å². The molecule has 0 atom stereocenters. The maximum atomic E-state index is 2.39. The van der Waals surface area contributed by atoms with E-state index in [1.54, 1.807) is 0 Å². The van der Waals surface area contributed by atoms with Gasteiger partial charge in [-0.2, -0.15) is 0 Å². The fourth-order valence-corrected chi connectivity index (χ4v) is 7.74. The maximum Gasteiger partial charge on any atom is 0.0158 e. The van der Waals surface area contributed by atoms with Gasteiger partial charge in [0.15, 0.2) is 0 Å². The molecule has 8 aromatic carbocycles. The highest BCUT2D eigenvalue weighted by atomic mass is 14.4. The summed E-state index contributed by atoms with van der Waals surface area (Å²) >= 11 is 0. The Morgan fingerprint density at radius 1 is 0.289 bits per heavy atom. The van der Waals surface area contributed by atoms with E-state index in [1.165, 1.54) is 88.0 Å². The molecule has 212 valence electrons. The lowest BCUT2D eigenvalue weighted by Crippen LogP contribution is -2.14. The molecular weight excluding hydrogens is 540 g/mol. The highest BCUT2D eigenvalue weighted by molar-refractivity contribution is 6.25. The summed E-state index contributed by atoms with van der Waals surface area (Å²) in [4.78, 5) is 0. The lowest BCUT2D eigenvalue weighted by Gasteiger charge is -2.21. The molecule has 0 heterocycles. The Hall–Kier alpha value is -5.46. The highest BCUT2D eigenvalue weighted by Gasteiger charge is 2.35. The summed E-state index contributed by atoms with van der Waals surface area (Å²) in [7, 11) is 0. The van der Waals surface area contributed by atoms with Crippen molar-refractivity contribution in [1.82, 2.24) is 0 Å². The van der Waals surface area contributed by atoms with E-state index in [4.69, 9.17) is 0 Å². The van der Waals surface area contributed by atoms with Crippen LogP contribution in [-0.2, 0) is 5.41 Å². The van der Waals surface area contributed by atoms with Crippen LogP contribution in [0.4, 0.5) is 0 Å². The third-order valence-electron chi connectivity index (χ3n) is 10.1. The lowest BCUT2D eigenvalue weighted by atomic mass is 9.82. The molecule has 1 aliphatic rings. The number of hydrogen-bond acceptors (Lipinski definition) is 0. The monoisotopic (exact) mass is 572 g/mol. The summed E-state index contributed by atoms with van der Waals surface area (Å²) in [5, 5.41) is 7.83. The van der Waals surface area contributed by atoms with E-state index in [0.717, 1.165) is 0 Å². The minimum absolute atomic E-state index is 0.0227. The van der Waals surface area contributed by atoms with Crippen molar-refractivity contribution in [2.45, 2.75) is 19.3 Å². The van der Waals surface area contributed by atoms with Gasteiger partial charge in [0.05, 0.1) is 0 Å². The first-order valence-corrected chi connectivity index (χ1v) is 15.9. The Kier molecular flexibility index (Phi) is 5.64. The molecule has 0 saturated heterocycles. The molecule has 0 fully saturated rings. The van der Waals surface area contributed by atoms with Crippen LogP contribution in [0.15, 0.2) is 158 Å². The van der Waals surface area contributed by atoms with Gasteiger partial charge in [0.25, 0.3) is 0 Å². The zero-order valence-corrected chi connectivity index (χ0v) is 25.5. The molecule has 9 rings (SSSR count). The van der Waals surface area contributed by atoms with E-state index in [-0.39, 0.29) is 5.41 Å². The minimum Gasteiger partial charge on any atom is -0.0619 e. The molecule has 0 nitrogen and oxygen atoms in total. The Labute approximate surface area is 264 Å². The van der Waals surface area contributed by atoms with Crippen molar-refractivity contribution in [2.24, 2.45) is 0 Å². The first kappa shape index (κ1) is 26.0. The van der Waals surface area contributed by atoms with E-state index in [1.807, 2.05) is 0 Å². The topological polar surface area (TPSA) is 0 Å². The third kappa shape index (κ3) is 3.99. The number of fused-ring (bicyclic) bond motifs is 9. The van der Waals surface area contributed by atoms with Crippen LogP contribution in [0.2, 0.25) is 0 Å². The maximum absolute atomic E-state index is 2.39. The third-order valence-corrected chi connectivity index (χ3v) is 10.1. The Bertz CT molecular complexity index is 2420. The van der Waals surface area contributed by atoms with Crippen molar-refractivity contribution < 1.29 is 0 Å². The molecule has 0 amide bonds. The van der Waals surface area contributed by atoms with Gasteiger partial charge in [-0.15, -0.1) is 0 Å². The van der Waals surface area contributed by atoms with Crippen molar-refractivity contribution in [2.75, 3.05) is 0 Å². The number of benzene rings is 8. The molecule has 8 aromatic rings. The van der Waals surface area contributed by atoms with Crippen molar-refractivity contribution in [3.63, 3.8) is 0 Å². The van der Waals surface area contributed by atoms with Gasteiger partial charge in [-0.3, -0.25) is 0 Å². The summed E-state index contributed by atoms with van der Waals surface area (Å²) in [6.07, 6.45) is 0. The smallest absolute Gasteiger partial charge is 0.0158 e. The summed E-state index contributed by atoms with van der Waals surface area (Å²) in [5.41, 5.74) is 13.0. The fourth-order valence-electron chi connectivity index (χ4n) is 7.74. The summed E-state index contributed by atoms with van der Waals surface area (Å²) in [5.74, 6) is 0. The van der Waals surface area contributed by atoms with Crippen LogP contribution in [0.25, 0.3) is 76.8 Å². The molecule has 0 saturated carbocycles. The molecule has 45 heavy (non-hydrogen) atoms. The Balaban J connectivity index is 1.13. The zero-order valence-electron chi connectivity index (χ0n) is 25.5. The lowest BCUT2D eigenvalue weighted by molar-refractivity contribution is 0.660. The van der Waals surface area contributed by atoms with E-state index < -0.39 is 0 Å². The molecule has 0 unspecified atom stereocenters. The second-order valence-corrected chi connectivity index (χ2v) is 12.9. The van der Waals surface area contributed by atoms with Crippen molar-refractivity contribution >= 4 is 32.3 Å². The second-order valence-electron chi connectivity index (χ2n) is 12.9. The van der Waals surface area contributed by atoms with Crippen molar-refractivity contribution in [1.29, 1.82) is 0 Å². The van der Waals surface area contributed by atoms with E-state index >= 15 is 0 Å². The molecule has 0 aliphatic heterocycles. The summed E-state index contributed by atoms with van der Waals surface area (Å²) in [6, 6.07) is 58.4. The van der Waals surface area contributed by atoms with Gasteiger partial charge in [0, 0.05) is 5.41 Å². The Morgan fingerprint density at radius 2 is 0.711 bits per heavy atom. The molecular formula is C45H32. The van der Waals surface area contributed by atoms with Gasteiger partial charge in [-0.25, -0.2) is 0 Å². The van der Waals surface area contributed by atoms with Gasteiger partial charge < -0.3 is 0 Å². The number of rotatable bonds is 3. The van der Waals surface area contributed by atoms with Gasteiger partial charge in [0.2, 0.25) is 0 Å². The van der Waals surface area contributed by atoms with Crippen LogP contribution < -0.4 is 0 Å². The number of hydrogen-bond donors (Lipinski definition) is 0. The van der Waals surface area contributed by atoms with Crippen LogP contribution in [0, 0.1) is 0 Å². The molecule has 0 bridgehead atoms. The molecule has 0 aromatic heterocycles. The van der Waals surface area contributed by atoms with Crippen LogP contribution in [0.3, 0.4) is 0 Å². The van der Waals surface area contributed by atoms with Gasteiger partial charge >= 0.3 is 0 Å². The standard InChI is InChI=1S/C45H32/c1-45(2)43-20-8-7-19-40(43)42-28-34(22-24-44(42)45)32-14-10-12-30(26-32)29-11-9-13-31(25-29)33-21-23-39-37-17-4-3-15-35(37)36-16-5-6-18-38(36)41(39)27-33/h3-28H,1-2H3. The zero-order chi connectivity index (χ0) is 30.1. The largest absolute Gasteiger partial charge is 0.0619 e.